The summed E-state index contributed by atoms with van der Waals surface area (Å²) < 4.78 is 11.1. The van der Waals surface area contributed by atoms with Crippen molar-refractivity contribution in [3.05, 3.63) is 18.2 Å². The van der Waals surface area contributed by atoms with E-state index in [1.807, 2.05) is 0 Å². The van der Waals surface area contributed by atoms with Gasteiger partial charge in [-0.15, -0.1) is 0 Å². The monoisotopic (exact) mass is 361 g/mol. The van der Waals surface area contributed by atoms with E-state index in [1.165, 1.54) is 0 Å². The highest BCUT2D eigenvalue weighted by molar-refractivity contribution is 6.45. The van der Waals surface area contributed by atoms with E-state index in [1.54, 1.807) is 25.1 Å². The van der Waals surface area contributed by atoms with Crippen LogP contribution >= 0.6 is 0 Å². The van der Waals surface area contributed by atoms with Gasteiger partial charge in [-0.05, 0) is 18.6 Å². The first-order valence-electron chi connectivity index (χ1n) is 8.38. The third-order valence-corrected chi connectivity index (χ3v) is 3.92. The molecule has 1 fully saturated rings. The predicted molar refractivity (Wildman–Crippen MR) is 89.8 cm³/mol. The second kappa shape index (κ2) is 7.42. The Balaban J connectivity index is 1.66. The van der Waals surface area contributed by atoms with Gasteiger partial charge in [-0.25, -0.2) is 9.69 Å². The largest absolute Gasteiger partial charge is 0.490 e. The Hall–Kier alpha value is -3.10. The quantitative estimate of drug-likeness (QED) is 0.619. The van der Waals surface area contributed by atoms with Crippen molar-refractivity contribution >= 4 is 29.4 Å². The molecule has 0 spiro atoms. The first-order valence-corrected chi connectivity index (χ1v) is 8.38. The van der Waals surface area contributed by atoms with Crippen LogP contribution in [-0.4, -0.2) is 59.9 Å². The van der Waals surface area contributed by atoms with Crippen LogP contribution in [0.5, 0.6) is 11.5 Å². The molecule has 0 aromatic heterocycles. The summed E-state index contributed by atoms with van der Waals surface area (Å²) in [4.78, 5) is 49.6. The summed E-state index contributed by atoms with van der Waals surface area (Å²) >= 11 is 0. The molecule has 0 bridgehead atoms. The zero-order valence-electron chi connectivity index (χ0n) is 14.3. The van der Waals surface area contributed by atoms with Crippen molar-refractivity contribution in [1.82, 2.24) is 9.80 Å². The standard InChI is InChI=1S/C17H19N3O6/c1-2-6-19-15(22)16(23)20(17(19)24)10-14(21)18-11-4-5-12-13(9-11)26-8-3-7-25-12/h4-5,9H,2-3,6-8,10H2,1H3,(H,18,21). The fourth-order valence-corrected chi connectivity index (χ4v) is 2.70. The Bertz CT molecular complexity index is 763. The number of carbonyl (C=O) groups excluding carboxylic acids is 4. The molecular weight excluding hydrogens is 342 g/mol. The summed E-state index contributed by atoms with van der Waals surface area (Å²) in [5, 5.41) is 2.59. The summed E-state index contributed by atoms with van der Waals surface area (Å²) in [7, 11) is 0. The van der Waals surface area contributed by atoms with Gasteiger partial charge in [-0.1, -0.05) is 6.92 Å². The molecule has 2 aliphatic rings. The molecule has 0 aliphatic carbocycles. The van der Waals surface area contributed by atoms with Gasteiger partial charge >= 0.3 is 17.8 Å². The van der Waals surface area contributed by atoms with Crippen molar-refractivity contribution in [2.24, 2.45) is 0 Å². The molecule has 2 heterocycles. The Kier molecular flexibility index (Phi) is 5.06. The highest BCUT2D eigenvalue weighted by Crippen LogP contribution is 2.32. The summed E-state index contributed by atoms with van der Waals surface area (Å²) in [5.41, 5.74) is 0.440. The average Bonchev–Trinajstić information content (AvgIpc) is 2.80. The van der Waals surface area contributed by atoms with E-state index in [2.05, 4.69) is 5.32 Å². The summed E-state index contributed by atoms with van der Waals surface area (Å²) in [6.07, 6.45) is 1.29. The van der Waals surface area contributed by atoms with Gasteiger partial charge in [0.15, 0.2) is 11.5 Å². The molecule has 3 rings (SSSR count). The Morgan fingerprint density at radius 2 is 1.77 bits per heavy atom. The number of fused-ring (bicyclic) bond motifs is 1. The molecule has 0 saturated carbocycles. The molecule has 1 aromatic carbocycles. The number of ether oxygens (including phenoxy) is 2. The third-order valence-electron chi connectivity index (χ3n) is 3.92. The van der Waals surface area contributed by atoms with Crippen molar-refractivity contribution in [2.75, 3.05) is 31.6 Å². The van der Waals surface area contributed by atoms with Gasteiger partial charge in [-0.2, -0.15) is 0 Å². The maximum absolute atomic E-state index is 12.2. The van der Waals surface area contributed by atoms with Gasteiger partial charge in [0.25, 0.3) is 0 Å². The van der Waals surface area contributed by atoms with E-state index in [4.69, 9.17) is 9.47 Å². The fourth-order valence-electron chi connectivity index (χ4n) is 2.70. The van der Waals surface area contributed by atoms with Crippen molar-refractivity contribution in [3.8, 4) is 11.5 Å². The number of rotatable bonds is 5. The first-order chi connectivity index (χ1) is 12.5. The van der Waals surface area contributed by atoms with Crippen LogP contribution < -0.4 is 14.8 Å². The number of imide groups is 2. The van der Waals surface area contributed by atoms with E-state index in [-0.39, 0.29) is 6.54 Å². The molecular formula is C17H19N3O6. The Morgan fingerprint density at radius 3 is 2.50 bits per heavy atom. The number of benzene rings is 1. The van der Waals surface area contributed by atoms with Crippen molar-refractivity contribution in [3.63, 3.8) is 0 Å². The van der Waals surface area contributed by atoms with Crippen LogP contribution in [-0.2, 0) is 14.4 Å². The van der Waals surface area contributed by atoms with Crippen LogP contribution in [0, 0.1) is 0 Å². The summed E-state index contributed by atoms with van der Waals surface area (Å²) in [6, 6.07) is 4.15. The second-order valence-electron chi connectivity index (χ2n) is 5.89. The van der Waals surface area contributed by atoms with Gasteiger partial charge < -0.3 is 14.8 Å². The lowest BCUT2D eigenvalue weighted by Gasteiger charge is -2.15. The molecule has 0 unspecified atom stereocenters. The maximum Gasteiger partial charge on any atom is 0.334 e. The highest BCUT2D eigenvalue weighted by Gasteiger charge is 2.44. The Morgan fingerprint density at radius 1 is 1.08 bits per heavy atom. The van der Waals surface area contributed by atoms with Gasteiger partial charge in [0.05, 0.1) is 13.2 Å². The highest BCUT2D eigenvalue weighted by atomic mass is 16.5. The third kappa shape index (κ3) is 3.46. The molecule has 0 radical (unpaired) electrons. The lowest BCUT2D eigenvalue weighted by molar-refractivity contribution is -0.143. The topological polar surface area (TPSA) is 105 Å². The van der Waals surface area contributed by atoms with Crippen LogP contribution in [0.3, 0.4) is 0 Å². The number of anilines is 1. The van der Waals surface area contributed by atoms with Gasteiger partial charge in [0, 0.05) is 24.7 Å². The fraction of sp³-hybridized carbons (Fsp3) is 0.412. The minimum Gasteiger partial charge on any atom is -0.490 e. The van der Waals surface area contributed by atoms with E-state index < -0.39 is 30.3 Å². The van der Waals surface area contributed by atoms with Crippen molar-refractivity contribution in [2.45, 2.75) is 19.8 Å². The number of carbonyl (C=O) groups is 4. The minimum absolute atomic E-state index is 0.143. The lowest BCUT2D eigenvalue weighted by atomic mass is 10.2. The number of hydrogen-bond donors (Lipinski definition) is 1. The van der Waals surface area contributed by atoms with Gasteiger partial charge in [-0.3, -0.25) is 19.3 Å². The van der Waals surface area contributed by atoms with E-state index in [0.717, 1.165) is 11.3 Å². The van der Waals surface area contributed by atoms with Crippen molar-refractivity contribution < 1.29 is 28.7 Å². The van der Waals surface area contributed by atoms with Crippen molar-refractivity contribution in [1.29, 1.82) is 0 Å². The van der Waals surface area contributed by atoms with E-state index in [0.29, 0.717) is 41.7 Å². The predicted octanol–water partition coefficient (Wildman–Crippen LogP) is 0.987. The van der Waals surface area contributed by atoms with Crippen LogP contribution in [0.1, 0.15) is 19.8 Å². The molecule has 1 N–H and O–H groups in total. The summed E-state index contributed by atoms with van der Waals surface area (Å²) in [6.45, 7) is 2.46. The normalized spacial score (nSPS) is 16.7. The minimum atomic E-state index is -0.989. The molecule has 0 atom stereocenters. The maximum atomic E-state index is 12.2. The molecule has 2 aliphatic heterocycles. The number of urea groups is 1. The zero-order valence-corrected chi connectivity index (χ0v) is 14.3. The van der Waals surface area contributed by atoms with Crippen LogP contribution in [0.25, 0.3) is 0 Å². The number of nitrogens with zero attached hydrogens (tertiary/aromatic N) is 2. The van der Waals surface area contributed by atoms with E-state index >= 15 is 0 Å². The molecule has 5 amide bonds. The SMILES string of the molecule is CCCN1C(=O)C(=O)N(CC(=O)Nc2ccc3c(c2)OCCCO3)C1=O. The second-order valence-corrected chi connectivity index (χ2v) is 5.89. The average molecular weight is 361 g/mol. The lowest BCUT2D eigenvalue weighted by Crippen LogP contribution is -2.39. The molecule has 1 aromatic rings. The van der Waals surface area contributed by atoms with Gasteiger partial charge in [0.2, 0.25) is 5.91 Å². The number of amides is 5. The number of hydrogen-bond acceptors (Lipinski definition) is 6. The Labute approximate surface area is 149 Å². The summed E-state index contributed by atoms with van der Waals surface area (Å²) in [5.74, 6) is -1.38. The van der Waals surface area contributed by atoms with Crippen LogP contribution in [0.15, 0.2) is 18.2 Å². The number of nitrogens with one attached hydrogen (secondary N) is 1. The molecule has 9 heteroatoms. The van der Waals surface area contributed by atoms with E-state index in [9.17, 15) is 19.2 Å². The van der Waals surface area contributed by atoms with Crippen LogP contribution in [0.2, 0.25) is 0 Å². The molecule has 26 heavy (non-hydrogen) atoms. The molecule has 1 saturated heterocycles. The first kappa shape index (κ1) is 17.7. The molecule has 9 nitrogen and oxygen atoms in total. The zero-order chi connectivity index (χ0) is 18.7. The molecule has 138 valence electrons. The van der Waals surface area contributed by atoms with Gasteiger partial charge in [0.1, 0.15) is 6.54 Å². The van der Waals surface area contributed by atoms with Crippen LogP contribution in [0.4, 0.5) is 10.5 Å². The smallest absolute Gasteiger partial charge is 0.334 e.